The fourth-order valence-corrected chi connectivity index (χ4v) is 2.63. The molecule has 4 rings (SSSR count). The molecule has 0 bridgehead atoms. The predicted octanol–water partition coefficient (Wildman–Crippen LogP) is 2.58. The number of ether oxygens (including phenoxy) is 4. The van der Waals surface area contributed by atoms with Crippen molar-refractivity contribution in [2.45, 2.75) is 37.9 Å². The van der Waals surface area contributed by atoms with Gasteiger partial charge in [-0.3, -0.25) is 0 Å². The Balaban J connectivity index is 1.29. The van der Waals surface area contributed by atoms with Gasteiger partial charge in [-0.25, -0.2) is 0 Å². The summed E-state index contributed by atoms with van der Waals surface area (Å²) in [6.07, 6.45) is 5.22. The first kappa shape index (κ1) is 13.4. The van der Waals surface area contributed by atoms with Gasteiger partial charge in [0.05, 0.1) is 13.2 Å². The molecule has 0 amide bonds. The van der Waals surface area contributed by atoms with Gasteiger partial charge in [0, 0.05) is 6.61 Å². The second-order valence-corrected chi connectivity index (χ2v) is 6.30. The van der Waals surface area contributed by atoms with E-state index >= 15 is 0 Å². The molecule has 4 heteroatoms. The van der Waals surface area contributed by atoms with Crippen molar-refractivity contribution in [2.75, 3.05) is 26.4 Å². The summed E-state index contributed by atoms with van der Waals surface area (Å²) in [5, 5.41) is 0. The van der Waals surface area contributed by atoms with Gasteiger partial charge in [-0.05, 0) is 55.4 Å². The van der Waals surface area contributed by atoms with Crippen molar-refractivity contribution in [3.05, 3.63) is 23.8 Å². The monoisotopic (exact) mass is 290 g/mol. The van der Waals surface area contributed by atoms with Crippen LogP contribution in [0.1, 0.15) is 24.8 Å². The van der Waals surface area contributed by atoms with Crippen molar-refractivity contribution in [2.24, 2.45) is 5.92 Å². The van der Waals surface area contributed by atoms with Crippen LogP contribution < -0.4 is 9.47 Å². The molecule has 21 heavy (non-hydrogen) atoms. The van der Waals surface area contributed by atoms with E-state index in [4.69, 9.17) is 18.9 Å². The second kappa shape index (κ2) is 5.85. The highest BCUT2D eigenvalue weighted by Gasteiger charge is 2.25. The first-order valence-corrected chi connectivity index (χ1v) is 7.98. The molecule has 0 spiro atoms. The Hall–Kier alpha value is -1.26. The largest absolute Gasteiger partial charge is 0.491 e. The van der Waals surface area contributed by atoms with Gasteiger partial charge in [-0.2, -0.15) is 0 Å². The standard InChI is InChI=1S/C17H22O4/c1-2-12(1)8-18-9-15-4-3-13-7-14(5-6-17(13)21-15)19-10-16-11-20-16/h5-7,12,15-16H,1-4,8-11H2/t15-,16+/m0/s1. The summed E-state index contributed by atoms with van der Waals surface area (Å²) in [7, 11) is 0. The van der Waals surface area contributed by atoms with Crippen molar-refractivity contribution in [3.8, 4) is 11.5 Å². The molecule has 0 radical (unpaired) electrons. The first-order chi connectivity index (χ1) is 10.4. The fourth-order valence-electron chi connectivity index (χ4n) is 2.63. The van der Waals surface area contributed by atoms with Crippen LogP contribution in [0.4, 0.5) is 0 Å². The summed E-state index contributed by atoms with van der Waals surface area (Å²) in [6, 6.07) is 6.10. The summed E-state index contributed by atoms with van der Waals surface area (Å²) >= 11 is 0. The van der Waals surface area contributed by atoms with Gasteiger partial charge in [-0.15, -0.1) is 0 Å². The van der Waals surface area contributed by atoms with Crippen LogP contribution in [0, 0.1) is 5.92 Å². The molecule has 1 aromatic carbocycles. The van der Waals surface area contributed by atoms with Crippen molar-refractivity contribution < 1.29 is 18.9 Å². The summed E-state index contributed by atoms with van der Waals surface area (Å²) in [4.78, 5) is 0. The molecule has 0 unspecified atom stereocenters. The topological polar surface area (TPSA) is 40.2 Å². The average molecular weight is 290 g/mol. The molecular weight excluding hydrogens is 268 g/mol. The lowest BCUT2D eigenvalue weighted by Gasteiger charge is -2.26. The molecule has 1 saturated heterocycles. The fraction of sp³-hybridized carbons (Fsp3) is 0.647. The maximum atomic E-state index is 6.02. The highest BCUT2D eigenvalue weighted by molar-refractivity contribution is 5.41. The van der Waals surface area contributed by atoms with Crippen LogP contribution in [0.2, 0.25) is 0 Å². The van der Waals surface area contributed by atoms with Gasteiger partial charge >= 0.3 is 0 Å². The smallest absolute Gasteiger partial charge is 0.123 e. The number of benzene rings is 1. The Kier molecular flexibility index (Phi) is 3.74. The van der Waals surface area contributed by atoms with Crippen molar-refractivity contribution >= 4 is 0 Å². The van der Waals surface area contributed by atoms with Gasteiger partial charge < -0.3 is 18.9 Å². The lowest BCUT2D eigenvalue weighted by Crippen LogP contribution is -2.28. The zero-order chi connectivity index (χ0) is 14.1. The van der Waals surface area contributed by atoms with Crippen molar-refractivity contribution in [1.82, 2.24) is 0 Å². The predicted molar refractivity (Wildman–Crippen MR) is 78.0 cm³/mol. The minimum atomic E-state index is 0.197. The number of fused-ring (bicyclic) bond motifs is 1. The number of aryl methyl sites for hydroxylation is 1. The highest BCUT2D eigenvalue weighted by Crippen LogP contribution is 2.32. The van der Waals surface area contributed by atoms with Crippen LogP contribution in [0.5, 0.6) is 11.5 Å². The van der Waals surface area contributed by atoms with Crippen LogP contribution in [-0.2, 0) is 15.9 Å². The van der Waals surface area contributed by atoms with E-state index in [-0.39, 0.29) is 6.10 Å². The normalized spacial score (nSPS) is 26.9. The molecule has 114 valence electrons. The summed E-state index contributed by atoms with van der Waals surface area (Å²) < 4.78 is 22.6. The van der Waals surface area contributed by atoms with E-state index in [9.17, 15) is 0 Å². The average Bonchev–Trinajstić information content (AvgIpc) is 3.39. The minimum absolute atomic E-state index is 0.197. The maximum Gasteiger partial charge on any atom is 0.123 e. The third kappa shape index (κ3) is 3.69. The third-order valence-corrected chi connectivity index (χ3v) is 4.25. The minimum Gasteiger partial charge on any atom is -0.491 e. The first-order valence-electron chi connectivity index (χ1n) is 7.98. The molecule has 3 aliphatic rings. The summed E-state index contributed by atoms with van der Waals surface area (Å²) in [5.74, 6) is 2.71. The van der Waals surface area contributed by atoms with Gasteiger partial charge in [0.25, 0.3) is 0 Å². The third-order valence-electron chi connectivity index (χ3n) is 4.25. The number of rotatable bonds is 7. The molecule has 0 N–H and O–H groups in total. The van der Waals surface area contributed by atoms with Crippen LogP contribution in [0.25, 0.3) is 0 Å². The van der Waals surface area contributed by atoms with E-state index in [2.05, 4.69) is 6.07 Å². The van der Waals surface area contributed by atoms with Crippen LogP contribution in [0.3, 0.4) is 0 Å². The van der Waals surface area contributed by atoms with Gasteiger partial charge in [-0.1, -0.05) is 0 Å². The Morgan fingerprint density at radius 1 is 1.05 bits per heavy atom. The number of hydrogen-bond acceptors (Lipinski definition) is 4. The Labute approximate surface area is 125 Å². The lowest BCUT2D eigenvalue weighted by molar-refractivity contribution is 0.0353. The molecule has 1 aliphatic carbocycles. The van der Waals surface area contributed by atoms with E-state index < -0.39 is 0 Å². The molecule has 2 fully saturated rings. The zero-order valence-electron chi connectivity index (χ0n) is 12.3. The SMILES string of the molecule is c1cc2c(cc1OC[C@@H]1CO1)CC[C@@H](COCC1CC1)O2. The lowest BCUT2D eigenvalue weighted by atomic mass is 10.0. The van der Waals surface area contributed by atoms with Crippen LogP contribution in [0.15, 0.2) is 18.2 Å². The second-order valence-electron chi connectivity index (χ2n) is 6.30. The van der Waals surface area contributed by atoms with Gasteiger partial charge in [0.1, 0.15) is 30.3 Å². The summed E-state index contributed by atoms with van der Waals surface area (Å²) in [5.41, 5.74) is 1.24. The van der Waals surface area contributed by atoms with E-state index in [0.717, 1.165) is 43.5 Å². The molecule has 2 atom stereocenters. The number of hydrogen-bond donors (Lipinski definition) is 0. The Morgan fingerprint density at radius 2 is 1.95 bits per heavy atom. The van der Waals surface area contributed by atoms with E-state index in [0.29, 0.717) is 19.3 Å². The molecule has 1 saturated carbocycles. The van der Waals surface area contributed by atoms with E-state index in [1.54, 1.807) is 0 Å². The zero-order valence-corrected chi connectivity index (χ0v) is 12.3. The molecular formula is C17H22O4. The molecule has 4 nitrogen and oxygen atoms in total. The Bertz CT molecular complexity index is 494. The Morgan fingerprint density at radius 3 is 2.76 bits per heavy atom. The summed E-state index contributed by atoms with van der Waals surface area (Å²) in [6.45, 7) is 3.10. The van der Waals surface area contributed by atoms with E-state index in [1.165, 1.54) is 18.4 Å². The quantitative estimate of drug-likeness (QED) is 0.724. The van der Waals surface area contributed by atoms with Crippen molar-refractivity contribution in [3.63, 3.8) is 0 Å². The van der Waals surface area contributed by atoms with Crippen LogP contribution >= 0.6 is 0 Å². The molecule has 0 aromatic heterocycles. The maximum absolute atomic E-state index is 6.02. The van der Waals surface area contributed by atoms with Gasteiger partial charge in [0.2, 0.25) is 0 Å². The van der Waals surface area contributed by atoms with Crippen LogP contribution in [-0.4, -0.2) is 38.6 Å². The number of epoxide rings is 1. The molecule has 1 aromatic rings. The van der Waals surface area contributed by atoms with Gasteiger partial charge in [0.15, 0.2) is 0 Å². The van der Waals surface area contributed by atoms with E-state index in [1.807, 2.05) is 12.1 Å². The molecule has 2 aliphatic heterocycles. The highest BCUT2D eigenvalue weighted by atomic mass is 16.6. The molecule has 2 heterocycles. The van der Waals surface area contributed by atoms with Crippen molar-refractivity contribution in [1.29, 1.82) is 0 Å².